The van der Waals surface area contributed by atoms with Crippen molar-refractivity contribution in [2.45, 2.75) is 64.3 Å². The number of alkyl halides is 1. The van der Waals surface area contributed by atoms with E-state index in [1.165, 1.54) is 38.5 Å². The molecule has 4 aliphatic carbocycles. The van der Waals surface area contributed by atoms with Crippen LogP contribution in [0.25, 0.3) is 0 Å². The Bertz CT molecular complexity index is 319. The van der Waals surface area contributed by atoms with E-state index in [0.717, 1.165) is 24.2 Å². The van der Waals surface area contributed by atoms with E-state index in [9.17, 15) is 4.79 Å². The molecule has 2 nitrogen and oxygen atoms in total. The van der Waals surface area contributed by atoms with Gasteiger partial charge in [0.05, 0.1) is 0 Å². The third-order valence-electron chi connectivity index (χ3n) is 5.92. The van der Waals surface area contributed by atoms with E-state index in [0.29, 0.717) is 23.8 Å². The van der Waals surface area contributed by atoms with Gasteiger partial charge in [-0.05, 0) is 75.0 Å². The number of amides is 1. The molecule has 0 saturated heterocycles. The largest absolute Gasteiger partial charge is 0.353 e. The van der Waals surface area contributed by atoms with Crippen LogP contribution in [0.1, 0.15) is 58.3 Å². The molecule has 1 amide bonds. The quantitative estimate of drug-likeness (QED) is 0.766. The maximum Gasteiger partial charge on any atom is 0.220 e. The Balaban J connectivity index is 1.63. The highest BCUT2D eigenvalue weighted by Crippen LogP contribution is 2.61. The lowest BCUT2D eigenvalue weighted by Gasteiger charge is -2.59. The highest BCUT2D eigenvalue weighted by atomic mass is 35.5. The molecule has 4 fully saturated rings. The average molecular weight is 284 g/mol. The number of nitrogens with one attached hydrogen (secondary N) is 1. The summed E-state index contributed by atoms with van der Waals surface area (Å²) in [6, 6.07) is 0.351. The van der Waals surface area contributed by atoms with Gasteiger partial charge in [0.15, 0.2) is 0 Å². The molecular formula is C16H26ClNO. The Morgan fingerprint density at radius 1 is 1.21 bits per heavy atom. The second-order valence-electron chi connectivity index (χ2n) is 7.36. The average Bonchev–Trinajstić information content (AvgIpc) is 2.34. The molecule has 0 radical (unpaired) electrons. The molecule has 19 heavy (non-hydrogen) atoms. The smallest absolute Gasteiger partial charge is 0.220 e. The SMILES string of the molecule is C[C@H](NC(=O)CCCCl)C12CC3CC(CC(C3)C1)C2. The molecule has 1 N–H and O–H groups in total. The second kappa shape index (κ2) is 5.27. The molecule has 108 valence electrons. The van der Waals surface area contributed by atoms with Crippen molar-refractivity contribution in [1.29, 1.82) is 0 Å². The van der Waals surface area contributed by atoms with Crippen LogP contribution < -0.4 is 5.32 Å². The summed E-state index contributed by atoms with van der Waals surface area (Å²) in [5.41, 5.74) is 0.422. The summed E-state index contributed by atoms with van der Waals surface area (Å²) in [5, 5.41) is 3.27. The van der Waals surface area contributed by atoms with Crippen molar-refractivity contribution in [1.82, 2.24) is 5.32 Å². The van der Waals surface area contributed by atoms with Crippen molar-refractivity contribution in [3.8, 4) is 0 Å². The van der Waals surface area contributed by atoms with Gasteiger partial charge in [0, 0.05) is 18.3 Å². The van der Waals surface area contributed by atoms with Crippen molar-refractivity contribution >= 4 is 17.5 Å². The van der Waals surface area contributed by atoms with Crippen LogP contribution in [0.2, 0.25) is 0 Å². The van der Waals surface area contributed by atoms with Gasteiger partial charge in [-0.25, -0.2) is 0 Å². The van der Waals surface area contributed by atoms with Crippen molar-refractivity contribution in [3.05, 3.63) is 0 Å². The molecule has 4 bridgehead atoms. The third kappa shape index (κ3) is 2.66. The van der Waals surface area contributed by atoms with Crippen LogP contribution in [0, 0.1) is 23.2 Å². The fraction of sp³-hybridized carbons (Fsp3) is 0.938. The van der Waals surface area contributed by atoms with Crippen molar-refractivity contribution in [2.24, 2.45) is 23.2 Å². The first kappa shape index (κ1) is 13.7. The maximum atomic E-state index is 11.9. The molecular weight excluding hydrogens is 258 g/mol. The van der Waals surface area contributed by atoms with Crippen LogP contribution in [0.3, 0.4) is 0 Å². The number of hydrogen-bond donors (Lipinski definition) is 1. The molecule has 4 aliphatic rings. The Morgan fingerprint density at radius 3 is 2.21 bits per heavy atom. The van der Waals surface area contributed by atoms with E-state index in [2.05, 4.69) is 12.2 Å². The van der Waals surface area contributed by atoms with Gasteiger partial charge in [0.25, 0.3) is 0 Å². The maximum absolute atomic E-state index is 11.9. The minimum absolute atomic E-state index is 0.198. The first-order chi connectivity index (χ1) is 9.11. The number of carbonyl (C=O) groups is 1. The van der Waals surface area contributed by atoms with Crippen LogP contribution in [0.5, 0.6) is 0 Å². The molecule has 0 heterocycles. The molecule has 0 aromatic rings. The second-order valence-corrected chi connectivity index (χ2v) is 7.74. The van der Waals surface area contributed by atoms with Gasteiger partial charge in [-0.2, -0.15) is 0 Å². The molecule has 0 aromatic heterocycles. The third-order valence-corrected chi connectivity index (χ3v) is 6.19. The van der Waals surface area contributed by atoms with Crippen LogP contribution in [0.4, 0.5) is 0 Å². The summed E-state index contributed by atoms with van der Waals surface area (Å²) in [6.45, 7) is 2.24. The molecule has 1 atom stereocenters. The topological polar surface area (TPSA) is 29.1 Å². The van der Waals surface area contributed by atoms with E-state index in [1.54, 1.807) is 0 Å². The normalized spacial score (nSPS) is 41.3. The van der Waals surface area contributed by atoms with Crippen LogP contribution in [-0.4, -0.2) is 17.8 Å². The predicted molar refractivity (Wildman–Crippen MR) is 78.2 cm³/mol. The number of rotatable bonds is 5. The van der Waals surface area contributed by atoms with E-state index in [1.807, 2.05) is 0 Å². The number of halogens is 1. The predicted octanol–water partition coefficient (Wildman–Crippen LogP) is 3.73. The Labute approximate surface area is 121 Å². The van der Waals surface area contributed by atoms with E-state index >= 15 is 0 Å². The molecule has 3 heteroatoms. The minimum Gasteiger partial charge on any atom is -0.353 e. The van der Waals surface area contributed by atoms with E-state index in [-0.39, 0.29) is 5.91 Å². The summed E-state index contributed by atoms with van der Waals surface area (Å²) in [4.78, 5) is 11.9. The lowest BCUT2D eigenvalue weighted by atomic mass is 9.48. The summed E-state index contributed by atoms with van der Waals surface area (Å²) in [5.74, 6) is 3.64. The van der Waals surface area contributed by atoms with Crippen LogP contribution in [0.15, 0.2) is 0 Å². The zero-order valence-corrected chi connectivity index (χ0v) is 12.7. The summed E-state index contributed by atoms with van der Waals surface area (Å²) >= 11 is 5.66. The summed E-state index contributed by atoms with van der Waals surface area (Å²) in [7, 11) is 0. The minimum atomic E-state index is 0.198. The molecule has 0 unspecified atom stereocenters. The highest BCUT2D eigenvalue weighted by molar-refractivity contribution is 6.17. The molecule has 4 rings (SSSR count). The lowest BCUT2D eigenvalue weighted by molar-refractivity contribution is -0.125. The van der Waals surface area contributed by atoms with Gasteiger partial charge in [-0.3, -0.25) is 4.79 Å². The van der Waals surface area contributed by atoms with Crippen LogP contribution >= 0.6 is 11.6 Å². The van der Waals surface area contributed by atoms with Gasteiger partial charge >= 0.3 is 0 Å². The standard InChI is InChI=1S/C16H26ClNO/c1-11(18-15(19)3-2-4-17)16-8-12-5-13(9-16)7-14(6-12)10-16/h11-14H,2-10H2,1H3,(H,18,19)/t11-,12?,13?,14?,16?/m0/s1. The van der Waals surface area contributed by atoms with Crippen molar-refractivity contribution < 1.29 is 4.79 Å². The molecule has 4 saturated carbocycles. The monoisotopic (exact) mass is 283 g/mol. The first-order valence-corrected chi connectivity index (χ1v) is 8.50. The first-order valence-electron chi connectivity index (χ1n) is 7.96. The summed E-state index contributed by atoms with van der Waals surface area (Å²) in [6.07, 6.45) is 9.84. The van der Waals surface area contributed by atoms with Gasteiger partial charge in [-0.15, -0.1) is 11.6 Å². The van der Waals surface area contributed by atoms with Crippen LogP contribution in [-0.2, 0) is 4.79 Å². The highest BCUT2D eigenvalue weighted by Gasteiger charge is 2.53. The number of carbonyl (C=O) groups excluding carboxylic acids is 1. The Morgan fingerprint density at radius 2 is 1.74 bits per heavy atom. The molecule has 0 aliphatic heterocycles. The van der Waals surface area contributed by atoms with Gasteiger partial charge in [0.1, 0.15) is 0 Å². The zero-order valence-electron chi connectivity index (χ0n) is 12.0. The van der Waals surface area contributed by atoms with Crippen molar-refractivity contribution in [3.63, 3.8) is 0 Å². The van der Waals surface area contributed by atoms with Gasteiger partial charge in [-0.1, -0.05) is 0 Å². The van der Waals surface area contributed by atoms with Crippen molar-refractivity contribution in [2.75, 3.05) is 5.88 Å². The van der Waals surface area contributed by atoms with E-state index in [4.69, 9.17) is 11.6 Å². The van der Waals surface area contributed by atoms with Gasteiger partial charge in [0.2, 0.25) is 5.91 Å². The fourth-order valence-corrected chi connectivity index (χ4v) is 5.54. The van der Waals surface area contributed by atoms with E-state index < -0.39 is 0 Å². The molecule has 0 aromatic carbocycles. The zero-order chi connectivity index (χ0) is 13.5. The lowest BCUT2D eigenvalue weighted by Crippen LogP contribution is -2.55. The van der Waals surface area contributed by atoms with Gasteiger partial charge < -0.3 is 5.32 Å². The molecule has 0 spiro atoms. The number of hydrogen-bond acceptors (Lipinski definition) is 1. The fourth-order valence-electron chi connectivity index (χ4n) is 5.40. The Kier molecular flexibility index (Phi) is 3.81. The summed E-state index contributed by atoms with van der Waals surface area (Å²) < 4.78 is 0. The Hall–Kier alpha value is -0.240.